The van der Waals surface area contributed by atoms with E-state index in [9.17, 15) is 4.79 Å². The third kappa shape index (κ3) is 2.97. The van der Waals surface area contributed by atoms with Gasteiger partial charge < -0.3 is 14.2 Å². The van der Waals surface area contributed by atoms with Crippen molar-refractivity contribution in [2.75, 3.05) is 13.9 Å². The summed E-state index contributed by atoms with van der Waals surface area (Å²) in [6.07, 6.45) is 1.92. The molecule has 0 atom stereocenters. The molecule has 26 heavy (non-hydrogen) atoms. The fourth-order valence-corrected chi connectivity index (χ4v) is 2.67. The number of fused-ring (bicyclic) bond motifs is 2. The number of carbonyl (C=O) groups excluding carboxylic acids is 1. The number of aromatic nitrogens is 2. The third-order valence-corrected chi connectivity index (χ3v) is 3.97. The average Bonchev–Trinajstić information content (AvgIpc) is 3.23. The van der Waals surface area contributed by atoms with Crippen LogP contribution in [0.25, 0.3) is 5.65 Å². The van der Waals surface area contributed by atoms with E-state index in [1.165, 1.54) is 7.11 Å². The summed E-state index contributed by atoms with van der Waals surface area (Å²) in [5.74, 6) is 1.42. The van der Waals surface area contributed by atoms with Gasteiger partial charge in [0.05, 0.1) is 24.9 Å². The first-order chi connectivity index (χ1) is 12.6. The van der Waals surface area contributed by atoms with Crippen LogP contribution in [0, 0.1) is 6.92 Å². The quantitative estimate of drug-likeness (QED) is 0.530. The lowest BCUT2D eigenvalue weighted by molar-refractivity contribution is -0.139. The van der Waals surface area contributed by atoms with Crippen molar-refractivity contribution in [3.63, 3.8) is 0 Å². The average molecular weight is 352 g/mol. The number of methoxy groups -OCH3 is 1. The van der Waals surface area contributed by atoms with Crippen LogP contribution in [0.15, 0.2) is 46.8 Å². The molecule has 1 aromatic carbocycles. The molecule has 1 aliphatic rings. The summed E-state index contributed by atoms with van der Waals surface area (Å²) in [5, 5.41) is 8.62. The highest BCUT2D eigenvalue weighted by molar-refractivity contribution is 5.74. The zero-order chi connectivity index (χ0) is 18.1. The Morgan fingerprint density at radius 1 is 1.23 bits per heavy atom. The van der Waals surface area contributed by atoms with Crippen LogP contribution < -0.4 is 9.47 Å². The predicted molar refractivity (Wildman–Crippen MR) is 92.4 cm³/mol. The Hall–Kier alpha value is -3.42. The van der Waals surface area contributed by atoms with E-state index in [0.717, 1.165) is 5.56 Å². The summed E-state index contributed by atoms with van der Waals surface area (Å²) < 4.78 is 17.2. The molecule has 0 N–H and O–H groups in total. The van der Waals surface area contributed by atoms with Gasteiger partial charge in [-0.2, -0.15) is 0 Å². The van der Waals surface area contributed by atoms with Crippen LogP contribution in [0.2, 0.25) is 0 Å². The molecule has 1 aliphatic heterocycles. The Morgan fingerprint density at radius 3 is 2.92 bits per heavy atom. The van der Waals surface area contributed by atoms with Crippen molar-refractivity contribution in [1.82, 2.24) is 9.38 Å². The van der Waals surface area contributed by atoms with Gasteiger partial charge in [0.1, 0.15) is 5.65 Å². The largest absolute Gasteiger partial charge is 0.469 e. The van der Waals surface area contributed by atoms with E-state index in [-0.39, 0.29) is 19.2 Å². The number of pyridine rings is 1. The van der Waals surface area contributed by atoms with Gasteiger partial charge in [-0.15, -0.1) is 10.2 Å². The highest BCUT2D eigenvalue weighted by Crippen LogP contribution is 2.36. The number of hydrogen-bond acceptors (Lipinski definition) is 7. The molecule has 8 nitrogen and oxygen atoms in total. The summed E-state index contributed by atoms with van der Waals surface area (Å²) in [4.78, 5) is 16.2. The van der Waals surface area contributed by atoms with Gasteiger partial charge in [0.15, 0.2) is 17.3 Å². The minimum Gasteiger partial charge on any atom is -0.469 e. The lowest BCUT2D eigenvalue weighted by atomic mass is 10.3. The monoisotopic (exact) mass is 352 g/mol. The molecular weight excluding hydrogens is 336 g/mol. The topological polar surface area (TPSA) is 86.8 Å². The highest BCUT2D eigenvalue weighted by atomic mass is 16.7. The molecule has 0 saturated heterocycles. The number of hydrogen-bond donors (Lipinski definition) is 0. The van der Waals surface area contributed by atoms with Crippen LogP contribution in [0.5, 0.6) is 11.5 Å². The molecule has 4 rings (SSSR count). The second-order valence-electron chi connectivity index (χ2n) is 5.81. The Balaban J connectivity index is 1.74. The molecule has 0 spiro atoms. The van der Waals surface area contributed by atoms with Gasteiger partial charge in [-0.25, -0.2) is 4.98 Å². The van der Waals surface area contributed by atoms with E-state index in [2.05, 4.69) is 15.2 Å². The second-order valence-corrected chi connectivity index (χ2v) is 5.81. The maximum Gasteiger partial charge on any atom is 0.311 e. The van der Waals surface area contributed by atoms with Crippen molar-refractivity contribution in [2.45, 2.75) is 13.3 Å². The molecule has 3 aromatic rings. The van der Waals surface area contributed by atoms with Gasteiger partial charge in [-0.3, -0.25) is 9.20 Å². The van der Waals surface area contributed by atoms with Crippen molar-refractivity contribution in [1.29, 1.82) is 0 Å². The highest BCUT2D eigenvalue weighted by Gasteiger charge is 2.17. The second kappa shape index (κ2) is 6.47. The fraction of sp³-hybridized carbons (Fsp3) is 0.222. The minimum atomic E-state index is -0.385. The van der Waals surface area contributed by atoms with E-state index in [1.807, 2.05) is 29.7 Å². The number of benzene rings is 1. The Kier molecular flexibility index (Phi) is 4.00. The Labute approximate surface area is 149 Å². The van der Waals surface area contributed by atoms with Crippen molar-refractivity contribution in [2.24, 2.45) is 10.2 Å². The van der Waals surface area contributed by atoms with E-state index in [0.29, 0.717) is 34.3 Å². The molecule has 0 radical (unpaired) electrons. The normalized spacial score (nSPS) is 12.8. The van der Waals surface area contributed by atoms with E-state index < -0.39 is 0 Å². The molecular formula is C18H16N4O4. The van der Waals surface area contributed by atoms with E-state index >= 15 is 0 Å². The standard InChI is InChI=1S/C18H16N4O4/c1-11-3-6-16-19-13(8-17(23)24-2)18(22(16)9-11)21-20-12-4-5-14-15(7-12)26-10-25-14/h3-7,9H,8,10H2,1-2H3. The maximum absolute atomic E-state index is 11.7. The maximum atomic E-state index is 11.7. The van der Waals surface area contributed by atoms with Crippen LogP contribution in [-0.4, -0.2) is 29.3 Å². The number of imidazole rings is 1. The molecule has 0 fully saturated rings. The number of azo groups is 1. The number of ether oxygens (including phenoxy) is 3. The third-order valence-electron chi connectivity index (χ3n) is 3.97. The molecule has 0 bridgehead atoms. The van der Waals surface area contributed by atoms with Crippen LogP contribution in [0.1, 0.15) is 11.3 Å². The van der Waals surface area contributed by atoms with E-state index in [1.54, 1.807) is 18.2 Å². The lowest BCUT2D eigenvalue weighted by Gasteiger charge is -2.00. The minimum absolute atomic E-state index is 0.0206. The lowest BCUT2D eigenvalue weighted by Crippen LogP contribution is -2.04. The molecule has 0 aliphatic carbocycles. The van der Waals surface area contributed by atoms with Crippen molar-refractivity contribution in [3.8, 4) is 11.5 Å². The first-order valence-corrected chi connectivity index (χ1v) is 8.00. The smallest absolute Gasteiger partial charge is 0.311 e. The summed E-state index contributed by atoms with van der Waals surface area (Å²) in [6, 6.07) is 9.13. The van der Waals surface area contributed by atoms with Crippen molar-refractivity contribution < 1.29 is 19.0 Å². The zero-order valence-electron chi connectivity index (χ0n) is 14.3. The number of rotatable bonds is 4. The molecule has 0 amide bonds. The Bertz CT molecular complexity index is 1030. The Morgan fingerprint density at radius 2 is 2.08 bits per heavy atom. The van der Waals surface area contributed by atoms with Gasteiger partial charge >= 0.3 is 5.97 Å². The zero-order valence-corrected chi connectivity index (χ0v) is 14.3. The van der Waals surface area contributed by atoms with E-state index in [4.69, 9.17) is 14.2 Å². The fourth-order valence-electron chi connectivity index (χ4n) is 2.67. The molecule has 0 saturated carbocycles. The first-order valence-electron chi connectivity index (χ1n) is 8.00. The van der Waals surface area contributed by atoms with Crippen LogP contribution in [0.4, 0.5) is 11.5 Å². The van der Waals surface area contributed by atoms with Gasteiger partial charge in [0.25, 0.3) is 0 Å². The van der Waals surface area contributed by atoms with Gasteiger partial charge in [-0.05, 0) is 30.7 Å². The SMILES string of the molecule is COC(=O)Cc1nc2ccc(C)cn2c1N=Nc1ccc2c(c1)OCO2. The summed E-state index contributed by atoms with van der Waals surface area (Å²) in [5.41, 5.74) is 2.85. The number of nitrogens with zero attached hydrogens (tertiary/aromatic N) is 4. The molecule has 8 heteroatoms. The van der Waals surface area contributed by atoms with Crippen molar-refractivity contribution >= 4 is 23.1 Å². The summed E-state index contributed by atoms with van der Waals surface area (Å²) >= 11 is 0. The predicted octanol–water partition coefficient (Wildman–Crippen LogP) is 3.50. The van der Waals surface area contributed by atoms with Gasteiger partial charge in [0, 0.05) is 12.3 Å². The first kappa shape index (κ1) is 16.1. The number of aryl methyl sites for hydroxylation is 1. The van der Waals surface area contributed by atoms with Gasteiger partial charge in [0.2, 0.25) is 6.79 Å². The van der Waals surface area contributed by atoms with Crippen molar-refractivity contribution in [3.05, 3.63) is 47.8 Å². The summed E-state index contributed by atoms with van der Waals surface area (Å²) in [6.45, 7) is 2.17. The van der Waals surface area contributed by atoms with Crippen LogP contribution >= 0.6 is 0 Å². The molecule has 0 unspecified atom stereocenters. The number of esters is 1. The molecule has 2 aromatic heterocycles. The van der Waals surface area contributed by atoms with Crippen LogP contribution in [0.3, 0.4) is 0 Å². The van der Waals surface area contributed by atoms with Gasteiger partial charge in [-0.1, -0.05) is 6.07 Å². The number of carbonyl (C=O) groups is 1. The van der Waals surface area contributed by atoms with Crippen LogP contribution in [-0.2, 0) is 16.0 Å². The molecule has 3 heterocycles. The molecule has 132 valence electrons. The summed E-state index contributed by atoms with van der Waals surface area (Å²) in [7, 11) is 1.34.